The van der Waals surface area contributed by atoms with Crippen molar-refractivity contribution < 1.29 is 9.47 Å². The molecule has 1 aliphatic heterocycles. The first-order chi connectivity index (χ1) is 9.63. The lowest BCUT2D eigenvalue weighted by molar-refractivity contribution is 0.171. The molecule has 0 spiro atoms. The average Bonchev–Trinajstić information content (AvgIpc) is 2.87. The molecule has 0 aliphatic carbocycles. The van der Waals surface area contributed by atoms with Crippen LogP contribution in [-0.2, 0) is 6.54 Å². The van der Waals surface area contributed by atoms with Crippen LogP contribution in [0.25, 0.3) is 0 Å². The molecule has 0 N–H and O–H groups in total. The van der Waals surface area contributed by atoms with E-state index in [9.17, 15) is 0 Å². The summed E-state index contributed by atoms with van der Waals surface area (Å²) in [4.78, 5) is 0.181. The summed E-state index contributed by atoms with van der Waals surface area (Å²) in [5, 5.41) is 8.76. The van der Waals surface area contributed by atoms with Gasteiger partial charge in [-0.05, 0) is 24.6 Å². The molecule has 0 fully saturated rings. The molecule has 0 saturated heterocycles. The Balaban J connectivity index is 1.85. The molecule has 3 rings (SSSR count). The molecule has 1 unspecified atom stereocenters. The lowest BCUT2D eigenvalue weighted by atomic mass is 10.2. The number of hydrogen-bond donors (Lipinski definition) is 0. The molecule has 5 nitrogen and oxygen atoms in total. The Labute approximate surface area is 130 Å². The topological polar surface area (TPSA) is 49.2 Å². The Hall–Kier alpha value is -1.27. The highest BCUT2D eigenvalue weighted by Gasteiger charge is 2.17. The van der Waals surface area contributed by atoms with Crippen LogP contribution < -0.4 is 9.47 Å². The number of fused-ring (bicyclic) bond motifs is 1. The van der Waals surface area contributed by atoms with Crippen LogP contribution in [0.4, 0.5) is 0 Å². The predicted molar refractivity (Wildman–Crippen MR) is 78.9 cm³/mol. The van der Waals surface area contributed by atoms with Crippen LogP contribution in [0, 0.1) is 0 Å². The summed E-state index contributed by atoms with van der Waals surface area (Å²) in [6.07, 6.45) is 1.91. The maximum Gasteiger partial charge on any atom is 0.179 e. The van der Waals surface area contributed by atoms with Crippen molar-refractivity contribution in [2.45, 2.75) is 18.3 Å². The third kappa shape index (κ3) is 2.76. The van der Waals surface area contributed by atoms with Crippen molar-refractivity contribution in [3.8, 4) is 11.5 Å². The Bertz CT molecular complexity index is 630. The molecule has 2 heterocycles. The minimum Gasteiger partial charge on any atom is -0.486 e. The molecule has 2 aromatic rings. The van der Waals surface area contributed by atoms with Crippen molar-refractivity contribution in [3.05, 3.63) is 34.6 Å². The SMILES string of the molecule is CC(Br)c1cn(Cc2cc(Cl)c3c(c2)OCCO3)nn1. The van der Waals surface area contributed by atoms with Crippen molar-refractivity contribution >= 4 is 27.5 Å². The highest BCUT2D eigenvalue weighted by atomic mass is 79.9. The molecule has 0 saturated carbocycles. The van der Waals surface area contributed by atoms with Crippen LogP contribution in [0.2, 0.25) is 5.02 Å². The fourth-order valence-electron chi connectivity index (χ4n) is 2.02. The molecule has 0 radical (unpaired) electrons. The first kappa shape index (κ1) is 13.7. The van der Waals surface area contributed by atoms with Crippen molar-refractivity contribution in [1.82, 2.24) is 15.0 Å². The summed E-state index contributed by atoms with van der Waals surface area (Å²) in [6, 6.07) is 3.80. The van der Waals surface area contributed by atoms with Gasteiger partial charge in [-0.15, -0.1) is 5.10 Å². The number of alkyl halides is 1. The molecule has 1 aromatic heterocycles. The molecule has 106 valence electrons. The maximum atomic E-state index is 6.21. The van der Waals surface area contributed by atoms with E-state index in [1.807, 2.05) is 25.3 Å². The summed E-state index contributed by atoms with van der Waals surface area (Å²) in [5.74, 6) is 1.31. The van der Waals surface area contributed by atoms with E-state index in [4.69, 9.17) is 21.1 Å². The third-order valence-electron chi connectivity index (χ3n) is 2.97. The van der Waals surface area contributed by atoms with Gasteiger partial charge in [0.05, 0.1) is 22.1 Å². The molecule has 0 bridgehead atoms. The zero-order chi connectivity index (χ0) is 14.1. The van der Waals surface area contributed by atoms with Crippen LogP contribution in [-0.4, -0.2) is 28.2 Å². The molecular formula is C13H13BrClN3O2. The molecule has 20 heavy (non-hydrogen) atoms. The number of benzene rings is 1. The Morgan fingerprint density at radius 2 is 2.20 bits per heavy atom. The van der Waals surface area contributed by atoms with Crippen LogP contribution in [0.1, 0.15) is 23.0 Å². The van der Waals surface area contributed by atoms with E-state index in [0.29, 0.717) is 36.3 Å². The van der Waals surface area contributed by atoms with Gasteiger partial charge in [0, 0.05) is 6.20 Å². The summed E-state index contributed by atoms with van der Waals surface area (Å²) in [6.45, 7) is 3.67. The van der Waals surface area contributed by atoms with Crippen molar-refractivity contribution in [1.29, 1.82) is 0 Å². The van der Waals surface area contributed by atoms with Gasteiger partial charge in [-0.1, -0.05) is 32.7 Å². The first-order valence-electron chi connectivity index (χ1n) is 6.25. The van der Waals surface area contributed by atoms with Crippen LogP contribution in [0.15, 0.2) is 18.3 Å². The second-order valence-corrected chi connectivity index (χ2v) is 6.34. The monoisotopic (exact) mass is 357 g/mol. The van der Waals surface area contributed by atoms with E-state index in [1.165, 1.54) is 0 Å². The van der Waals surface area contributed by atoms with Gasteiger partial charge < -0.3 is 9.47 Å². The van der Waals surface area contributed by atoms with Gasteiger partial charge in [0.15, 0.2) is 11.5 Å². The Morgan fingerprint density at radius 1 is 1.40 bits per heavy atom. The highest BCUT2D eigenvalue weighted by molar-refractivity contribution is 9.09. The van der Waals surface area contributed by atoms with Crippen LogP contribution >= 0.6 is 27.5 Å². The fraction of sp³-hybridized carbons (Fsp3) is 0.385. The first-order valence-corrected chi connectivity index (χ1v) is 7.55. The number of hydrogen-bond acceptors (Lipinski definition) is 4. The summed E-state index contributed by atoms with van der Waals surface area (Å²) in [7, 11) is 0. The Morgan fingerprint density at radius 3 is 2.95 bits per heavy atom. The van der Waals surface area contributed by atoms with E-state index in [0.717, 1.165) is 11.3 Å². The second-order valence-electron chi connectivity index (χ2n) is 4.56. The van der Waals surface area contributed by atoms with E-state index in [1.54, 1.807) is 4.68 Å². The number of nitrogens with zero attached hydrogens (tertiary/aromatic N) is 3. The standard InChI is InChI=1S/C13H13BrClN3O2/c1-8(14)11-7-18(17-16-11)6-9-4-10(15)13-12(5-9)19-2-3-20-13/h4-5,7-8H,2-3,6H2,1H3. The molecule has 1 atom stereocenters. The maximum absolute atomic E-state index is 6.21. The minimum absolute atomic E-state index is 0.181. The summed E-state index contributed by atoms with van der Waals surface area (Å²) in [5.41, 5.74) is 1.89. The normalized spacial score (nSPS) is 15.2. The van der Waals surface area contributed by atoms with Gasteiger partial charge in [0.1, 0.15) is 13.2 Å². The van der Waals surface area contributed by atoms with Crippen molar-refractivity contribution in [3.63, 3.8) is 0 Å². The molecule has 1 aliphatic rings. The molecule has 1 aromatic carbocycles. The highest BCUT2D eigenvalue weighted by Crippen LogP contribution is 2.38. The van der Waals surface area contributed by atoms with Crippen molar-refractivity contribution in [2.75, 3.05) is 13.2 Å². The van der Waals surface area contributed by atoms with Crippen LogP contribution in [0.3, 0.4) is 0 Å². The van der Waals surface area contributed by atoms with E-state index < -0.39 is 0 Å². The van der Waals surface area contributed by atoms with Gasteiger partial charge >= 0.3 is 0 Å². The largest absolute Gasteiger partial charge is 0.486 e. The smallest absolute Gasteiger partial charge is 0.179 e. The number of ether oxygens (including phenoxy) is 2. The third-order valence-corrected chi connectivity index (χ3v) is 3.71. The van der Waals surface area contributed by atoms with Gasteiger partial charge in [0.2, 0.25) is 0 Å². The quantitative estimate of drug-likeness (QED) is 0.791. The number of aromatic nitrogens is 3. The van der Waals surface area contributed by atoms with Gasteiger partial charge in [-0.3, -0.25) is 0 Å². The zero-order valence-corrected chi connectivity index (χ0v) is 13.2. The predicted octanol–water partition coefficient (Wildman–Crippen LogP) is 3.21. The van der Waals surface area contributed by atoms with Gasteiger partial charge in [0.25, 0.3) is 0 Å². The second kappa shape index (κ2) is 5.61. The van der Waals surface area contributed by atoms with Crippen molar-refractivity contribution in [2.24, 2.45) is 0 Å². The number of halogens is 2. The fourth-order valence-corrected chi connectivity index (χ4v) is 2.51. The lowest BCUT2D eigenvalue weighted by Crippen LogP contribution is -2.16. The zero-order valence-electron chi connectivity index (χ0n) is 10.8. The van der Waals surface area contributed by atoms with E-state index in [-0.39, 0.29) is 4.83 Å². The van der Waals surface area contributed by atoms with E-state index >= 15 is 0 Å². The summed E-state index contributed by atoms with van der Waals surface area (Å²) >= 11 is 9.68. The van der Waals surface area contributed by atoms with Gasteiger partial charge in [-0.2, -0.15) is 0 Å². The van der Waals surface area contributed by atoms with Crippen LogP contribution in [0.5, 0.6) is 11.5 Å². The van der Waals surface area contributed by atoms with Gasteiger partial charge in [-0.25, -0.2) is 4.68 Å². The molecular weight excluding hydrogens is 346 g/mol. The summed E-state index contributed by atoms with van der Waals surface area (Å²) < 4.78 is 12.8. The van der Waals surface area contributed by atoms with E-state index in [2.05, 4.69) is 26.2 Å². The number of rotatable bonds is 3. The Kier molecular flexibility index (Phi) is 3.85. The molecule has 0 amide bonds. The lowest BCUT2D eigenvalue weighted by Gasteiger charge is -2.20. The average molecular weight is 359 g/mol. The minimum atomic E-state index is 0.181. The molecule has 7 heteroatoms.